The van der Waals surface area contributed by atoms with Crippen molar-refractivity contribution in [2.24, 2.45) is 0 Å². The van der Waals surface area contributed by atoms with E-state index in [1.165, 1.54) is 13.0 Å². The molecular weight excluding hydrogens is 268 g/mol. The number of hydrogen-bond acceptors (Lipinski definition) is 3. The molecule has 0 aliphatic rings. The molecule has 0 fully saturated rings. The van der Waals surface area contributed by atoms with Crippen molar-refractivity contribution in [2.45, 2.75) is 26.4 Å². The molecule has 0 aliphatic heterocycles. The molecule has 108 valence electrons. The van der Waals surface area contributed by atoms with Gasteiger partial charge in [-0.25, -0.2) is 9.67 Å². The average Bonchev–Trinajstić information content (AvgIpc) is 3.03. The number of aromatic nitrogens is 4. The molecule has 0 saturated heterocycles. The Morgan fingerprint density at radius 3 is 2.90 bits per heavy atom. The van der Waals surface area contributed by atoms with Crippen molar-refractivity contribution in [3.8, 4) is 0 Å². The molecule has 2 aromatic rings. The van der Waals surface area contributed by atoms with Crippen LogP contribution in [0, 0.1) is 6.92 Å². The van der Waals surface area contributed by atoms with E-state index in [4.69, 9.17) is 0 Å². The van der Waals surface area contributed by atoms with Gasteiger partial charge in [0.1, 0.15) is 0 Å². The summed E-state index contributed by atoms with van der Waals surface area (Å²) in [6, 6.07) is 1.34. The van der Waals surface area contributed by atoms with Crippen LogP contribution in [0.4, 0.5) is 8.78 Å². The summed E-state index contributed by atoms with van der Waals surface area (Å²) in [5, 5.41) is 6.22. The first-order chi connectivity index (χ1) is 9.58. The average molecular weight is 283 g/mol. The highest BCUT2D eigenvalue weighted by Crippen LogP contribution is 2.13. The fraction of sp³-hybridized carbons (Fsp3) is 0.417. The molecule has 1 N–H and O–H groups in total. The maximum absolute atomic E-state index is 12.5. The molecule has 0 unspecified atom stereocenters. The highest BCUT2D eigenvalue weighted by Gasteiger charge is 2.16. The molecule has 20 heavy (non-hydrogen) atoms. The van der Waals surface area contributed by atoms with Gasteiger partial charge in [0.25, 0.3) is 5.91 Å². The lowest BCUT2D eigenvalue weighted by molar-refractivity contribution is 0.0538. The Kier molecular flexibility index (Phi) is 4.44. The molecule has 0 saturated carbocycles. The Morgan fingerprint density at radius 1 is 1.50 bits per heavy atom. The van der Waals surface area contributed by atoms with Gasteiger partial charge < -0.3 is 9.88 Å². The van der Waals surface area contributed by atoms with Gasteiger partial charge >= 0.3 is 6.55 Å². The Morgan fingerprint density at radius 2 is 2.30 bits per heavy atom. The van der Waals surface area contributed by atoms with E-state index < -0.39 is 12.5 Å². The van der Waals surface area contributed by atoms with Gasteiger partial charge in [-0.2, -0.15) is 13.9 Å². The van der Waals surface area contributed by atoms with Crippen LogP contribution in [0.1, 0.15) is 29.2 Å². The van der Waals surface area contributed by atoms with Crippen LogP contribution < -0.4 is 5.32 Å². The normalized spacial score (nSPS) is 11.0. The molecule has 1 amide bonds. The quantitative estimate of drug-likeness (QED) is 0.819. The number of halogens is 2. The second-order valence-corrected chi connectivity index (χ2v) is 4.30. The number of imidazole rings is 1. The summed E-state index contributed by atoms with van der Waals surface area (Å²) < 4.78 is 27.5. The second-order valence-electron chi connectivity index (χ2n) is 4.30. The Bertz CT molecular complexity index is 564. The summed E-state index contributed by atoms with van der Waals surface area (Å²) in [5.74, 6) is -0.446. The minimum Gasteiger partial charge on any atom is -0.351 e. The molecule has 0 bridgehead atoms. The Hall–Kier alpha value is -2.25. The summed E-state index contributed by atoms with van der Waals surface area (Å²) >= 11 is 0. The molecule has 0 radical (unpaired) electrons. The first kappa shape index (κ1) is 14.2. The van der Waals surface area contributed by atoms with Crippen LogP contribution in [-0.4, -0.2) is 31.8 Å². The fourth-order valence-electron chi connectivity index (χ4n) is 1.77. The highest BCUT2D eigenvalue weighted by molar-refractivity contribution is 5.92. The number of rotatable bonds is 6. The van der Waals surface area contributed by atoms with Gasteiger partial charge in [0.05, 0.1) is 6.33 Å². The van der Waals surface area contributed by atoms with Crippen LogP contribution in [0.15, 0.2) is 24.8 Å². The lowest BCUT2D eigenvalue weighted by Gasteiger charge is -2.04. The second kappa shape index (κ2) is 6.27. The third-order valence-electron chi connectivity index (χ3n) is 2.78. The molecule has 2 heterocycles. The lowest BCUT2D eigenvalue weighted by Crippen LogP contribution is -2.25. The smallest absolute Gasteiger partial charge is 0.333 e. The number of aryl methyl sites for hydroxylation is 2. The zero-order valence-electron chi connectivity index (χ0n) is 11.0. The van der Waals surface area contributed by atoms with Gasteiger partial charge in [0.15, 0.2) is 5.69 Å². The molecule has 0 aromatic carbocycles. The minimum absolute atomic E-state index is 0.00503. The van der Waals surface area contributed by atoms with Crippen LogP contribution >= 0.6 is 0 Å². The third kappa shape index (κ3) is 3.40. The van der Waals surface area contributed by atoms with Crippen molar-refractivity contribution in [2.75, 3.05) is 6.54 Å². The molecule has 8 heteroatoms. The molecule has 0 atom stereocenters. The van der Waals surface area contributed by atoms with Crippen LogP contribution in [-0.2, 0) is 6.54 Å². The van der Waals surface area contributed by atoms with Gasteiger partial charge in [-0.1, -0.05) is 0 Å². The largest absolute Gasteiger partial charge is 0.351 e. The van der Waals surface area contributed by atoms with Crippen molar-refractivity contribution >= 4 is 5.91 Å². The highest BCUT2D eigenvalue weighted by atomic mass is 19.3. The van der Waals surface area contributed by atoms with Gasteiger partial charge in [0.2, 0.25) is 0 Å². The minimum atomic E-state index is -2.74. The van der Waals surface area contributed by atoms with Crippen molar-refractivity contribution in [1.29, 1.82) is 0 Å². The van der Waals surface area contributed by atoms with E-state index in [0.29, 0.717) is 11.2 Å². The zero-order valence-corrected chi connectivity index (χ0v) is 11.0. The number of hydrogen-bond donors (Lipinski definition) is 1. The Balaban J connectivity index is 1.81. The van der Waals surface area contributed by atoms with Crippen LogP contribution in [0.2, 0.25) is 0 Å². The van der Waals surface area contributed by atoms with E-state index in [0.717, 1.165) is 13.0 Å². The molecule has 6 nitrogen and oxygen atoms in total. The van der Waals surface area contributed by atoms with E-state index in [1.807, 2.05) is 10.8 Å². The predicted octanol–water partition coefficient (Wildman–Crippen LogP) is 1.60. The van der Waals surface area contributed by atoms with Gasteiger partial charge in [-0.3, -0.25) is 4.79 Å². The fourth-order valence-corrected chi connectivity index (χ4v) is 1.77. The maximum Gasteiger partial charge on any atom is 0.333 e. The third-order valence-corrected chi connectivity index (χ3v) is 2.78. The molecular formula is C12H15F2N5O. The molecule has 0 spiro atoms. The summed E-state index contributed by atoms with van der Waals surface area (Å²) in [4.78, 5) is 15.6. The van der Waals surface area contributed by atoms with Gasteiger partial charge in [-0.05, 0) is 19.4 Å². The van der Waals surface area contributed by atoms with Crippen molar-refractivity contribution in [3.63, 3.8) is 0 Å². The van der Waals surface area contributed by atoms with Crippen molar-refractivity contribution in [3.05, 3.63) is 36.2 Å². The van der Waals surface area contributed by atoms with Crippen molar-refractivity contribution in [1.82, 2.24) is 24.6 Å². The monoisotopic (exact) mass is 283 g/mol. The number of carbonyl (C=O) groups is 1. The SMILES string of the molecule is Cc1cc(C(=O)NCCCn2ccnc2)nn1C(F)F. The summed E-state index contributed by atoms with van der Waals surface area (Å²) in [5.41, 5.74) is 0.258. The van der Waals surface area contributed by atoms with Gasteiger partial charge in [-0.15, -0.1) is 0 Å². The summed E-state index contributed by atoms with van der Waals surface area (Å²) in [7, 11) is 0. The summed E-state index contributed by atoms with van der Waals surface area (Å²) in [6.07, 6.45) is 5.92. The standard InChI is InChI=1S/C12H15F2N5O/c1-9-7-10(17-19(9)12(13)14)11(20)16-3-2-5-18-6-4-15-8-18/h4,6-8,12H,2-3,5H2,1H3,(H,16,20). The maximum atomic E-state index is 12.5. The number of amides is 1. The van der Waals surface area contributed by atoms with E-state index >= 15 is 0 Å². The molecule has 2 rings (SSSR count). The Labute approximate surface area is 114 Å². The van der Waals surface area contributed by atoms with Crippen LogP contribution in [0.3, 0.4) is 0 Å². The van der Waals surface area contributed by atoms with Crippen molar-refractivity contribution < 1.29 is 13.6 Å². The zero-order chi connectivity index (χ0) is 14.5. The van der Waals surface area contributed by atoms with E-state index in [-0.39, 0.29) is 11.4 Å². The number of alkyl halides is 2. The molecule has 2 aromatic heterocycles. The van der Waals surface area contributed by atoms with Crippen LogP contribution in [0.25, 0.3) is 0 Å². The van der Waals surface area contributed by atoms with E-state index in [2.05, 4.69) is 15.4 Å². The summed E-state index contributed by atoms with van der Waals surface area (Å²) in [6.45, 7) is -0.0880. The van der Waals surface area contributed by atoms with E-state index in [9.17, 15) is 13.6 Å². The lowest BCUT2D eigenvalue weighted by atomic mass is 10.3. The van der Waals surface area contributed by atoms with E-state index in [1.54, 1.807) is 12.5 Å². The first-order valence-corrected chi connectivity index (χ1v) is 6.16. The molecule has 0 aliphatic carbocycles. The number of carbonyl (C=O) groups excluding carboxylic acids is 1. The van der Waals surface area contributed by atoms with Gasteiger partial charge in [0, 0.05) is 31.2 Å². The number of nitrogens with zero attached hydrogens (tertiary/aromatic N) is 4. The van der Waals surface area contributed by atoms with Crippen LogP contribution in [0.5, 0.6) is 0 Å². The first-order valence-electron chi connectivity index (χ1n) is 6.16. The number of nitrogens with one attached hydrogen (secondary N) is 1. The topological polar surface area (TPSA) is 64.7 Å². The predicted molar refractivity (Wildman–Crippen MR) is 67.4 cm³/mol.